The molecule has 4 heteroatoms. The molecule has 1 fully saturated rings. The van der Waals surface area contributed by atoms with Crippen LogP contribution in [0.2, 0.25) is 0 Å². The number of aromatic nitrogens is 1. The number of rotatable bonds is 3. The lowest BCUT2D eigenvalue weighted by Gasteiger charge is -2.20. The largest absolute Gasteiger partial charge is 0.422 e. The Morgan fingerprint density at radius 1 is 0.852 bits per heavy atom. The molecule has 1 aliphatic rings. The summed E-state index contributed by atoms with van der Waals surface area (Å²) in [6.07, 6.45) is 9.25. The van der Waals surface area contributed by atoms with Crippen molar-refractivity contribution in [1.82, 2.24) is 4.57 Å². The first-order valence-corrected chi connectivity index (χ1v) is 9.94. The lowest BCUT2D eigenvalue weighted by molar-refractivity contribution is 0.424. The SMILES string of the molecule is O=c1oc(=O)n(Cc2ccc(C3CCCCCCC3)cc2)c2ccccc12. The molecule has 1 saturated carbocycles. The maximum absolute atomic E-state index is 12.2. The molecule has 27 heavy (non-hydrogen) atoms. The smallest absolute Gasteiger partial charge is 0.372 e. The van der Waals surface area contributed by atoms with E-state index in [0.717, 1.165) is 5.56 Å². The average Bonchev–Trinajstić information content (AvgIpc) is 2.66. The third-order valence-corrected chi connectivity index (χ3v) is 5.71. The molecule has 140 valence electrons. The molecule has 0 bridgehead atoms. The van der Waals surface area contributed by atoms with Crippen LogP contribution in [0.1, 0.15) is 62.0 Å². The summed E-state index contributed by atoms with van der Waals surface area (Å²) in [4.78, 5) is 24.1. The summed E-state index contributed by atoms with van der Waals surface area (Å²) in [6.45, 7) is 0.397. The lowest BCUT2D eigenvalue weighted by Crippen LogP contribution is -2.25. The van der Waals surface area contributed by atoms with Crippen LogP contribution >= 0.6 is 0 Å². The van der Waals surface area contributed by atoms with Gasteiger partial charge in [0.05, 0.1) is 17.4 Å². The summed E-state index contributed by atoms with van der Waals surface area (Å²) in [5.74, 6) is 0.0421. The van der Waals surface area contributed by atoms with Crippen molar-refractivity contribution >= 4 is 10.9 Å². The molecule has 3 aromatic rings. The van der Waals surface area contributed by atoms with Gasteiger partial charge in [-0.2, -0.15) is 0 Å². The van der Waals surface area contributed by atoms with Crippen molar-refractivity contribution in [2.45, 2.75) is 57.4 Å². The molecule has 0 spiro atoms. The number of fused-ring (bicyclic) bond motifs is 1. The van der Waals surface area contributed by atoms with Crippen LogP contribution in [0.4, 0.5) is 0 Å². The molecule has 1 heterocycles. The molecule has 0 radical (unpaired) electrons. The summed E-state index contributed by atoms with van der Waals surface area (Å²) in [5.41, 5.74) is 2.47. The van der Waals surface area contributed by atoms with Crippen molar-refractivity contribution in [2.75, 3.05) is 0 Å². The number of para-hydroxylation sites is 1. The van der Waals surface area contributed by atoms with Crippen LogP contribution in [0.3, 0.4) is 0 Å². The zero-order valence-electron chi connectivity index (χ0n) is 15.5. The van der Waals surface area contributed by atoms with Crippen LogP contribution in [0.15, 0.2) is 62.5 Å². The maximum atomic E-state index is 12.2. The van der Waals surface area contributed by atoms with Gasteiger partial charge in [-0.05, 0) is 42.0 Å². The molecule has 2 aromatic carbocycles. The minimum atomic E-state index is -0.609. The second kappa shape index (κ2) is 7.95. The van der Waals surface area contributed by atoms with Gasteiger partial charge in [-0.1, -0.05) is 68.5 Å². The Bertz CT molecular complexity index is 1020. The molecular weight excluding hydrogens is 338 g/mol. The van der Waals surface area contributed by atoms with Crippen LogP contribution in [-0.2, 0) is 6.54 Å². The Morgan fingerprint density at radius 2 is 1.52 bits per heavy atom. The summed E-state index contributed by atoms with van der Waals surface area (Å²) in [6, 6.07) is 15.7. The highest BCUT2D eigenvalue weighted by atomic mass is 16.4. The zero-order valence-corrected chi connectivity index (χ0v) is 15.5. The van der Waals surface area contributed by atoms with E-state index in [1.807, 2.05) is 6.07 Å². The fourth-order valence-electron chi connectivity index (χ4n) is 4.19. The third kappa shape index (κ3) is 3.90. The van der Waals surface area contributed by atoms with Gasteiger partial charge in [0.15, 0.2) is 0 Å². The van der Waals surface area contributed by atoms with Gasteiger partial charge < -0.3 is 4.42 Å². The normalized spacial score (nSPS) is 16.1. The topological polar surface area (TPSA) is 52.2 Å². The number of benzene rings is 2. The number of nitrogens with zero attached hydrogens (tertiary/aromatic N) is 1. The van der Waals surface area contributed by atoms with Crippen LogP contribution < -0.4 is 11.4 Å². The Morgan fingerprint density at radius 3 is 2.26 bits per heavy atom. The fourth-order valence-corrected chi connectivity index (χ4v) is 4.19. The molecule has 0 N–H and O–H groups in total. The maximum Gasteiger partial charge on any atom is 0.422 e. The van der Waals surface area contributed by atoms with E-state index in [1.165, 1.54) is 55.1 Å². The minimum absolute atomic E-state index is 0.397. The van der Waals surface area contributed by atoms with E-state index in [-0.39, 0.29) is 0 Å². The quantitative estimate of drug-likeness (QED) is 0.670. The van der Waals surface area contributed by atoms with E-state index in [2.05, 4.69) is 24.3 Å². The van der Waals surface area contributed by atoms with E-state index in [0.29, 0.717) is 23.4 Å². The highest BCUT2D eigenvalue weighted by Gasteiger charge is 2.14. The second-order valence-electron chi connectivity index (χ2n) is 7.54. The Kier molecular flexibility index (Phi) is 5.23. The number of hydrogen-bond donors (Lipinski definition) is 0. The Labute approximate surface area is 158 Å². The van der Waals surface area contributed by atoms with Gasteiger partial charge in [0.25, 0.3) is 0 Å². The van der Waals surface area contributed by atoms with Gasteiger partial charge in [-0.25, -0.2) is 9.59 Å². The average molecular weight is 363 g/mol. The first kappa shape index (κ1) is 17.8. The van der Waals surface area contributed by atoms with Crippen molar-refractivity contribution < 1.29 is 4.42 Å². The van der Waals surface area contributed by atoms with Crippen LogP contribution in [0.25, 0.3) is 10.9 Å². The van der Waals surface area contributed by atoms with Gasteiger partial charge in [0.2, 0.25) is 0 Å². The van der Waals surface area contributed by atoms with E-state index in [1.54, 1.807) is 18.2 Å². The summed E-state index contributed by atoms with van der Waals surface area (Å²) in [5, 5.41) is 0.434. The van der Waals surface area contributed by atoms with Crippen molar-refractivity contribution in [3.63, 3.8) is 0 Å². The van der Waals surface area contributed by atoms with E-state index in [9.17, 15) is 9.59 Å². The molecule has 0 atom stereocenters. The van der Waals surface area contributed by atoms with E-state index >= 15 is 0 Å². The highest BCUT2D eigenvalue weighted by Crippen LogP contribution is 2.31. The van der Waals surface area contributed by atoms with Crippen molar-refractivity contribution in [2.24, 2.45) is 0 Å². The minimum Gasteiger partial charge on any atom is -0.372 e. The van der Waals surface area contributed by atoms with Crippen LogP contribution in [-0.4, -0.2) is 4.57 Å². The van der Waals surface area contributed by atoms with Gasteiger partial charge >= 0.3 is 11.4 Å². The van der Waals surface area contributed by atoms with Crippen molar-refractivity contribution in [3.8, 4) is 0 Å². The first-order valence-electron chi connectivity index (χ1n) is 9.94. The first-order chi connectivity index (χ1) is 13.2. The molecule has 0 unspecified atom stereocenters. The third-order valence-electron chi connectivity index (χ3n) is 5.71. The van der Waals surface area contributed by atoms with Gasteiger partial charge in [-0.15, -0.1) is 0 Å². The standard InChI is InChI=1S/C23H25NO3/c25-22-20-10-6-7-11-21(20)24(23(26)27-22)16-17-12-14-19(15-13-17)18-8-4-2-1-3-5-9-18/h6-7,10-15,18H,1-5,8-9,16H2. The van der Waals surface area contributed by atoms with Crippen molar-refractivity contribution in [3.05, 3.63) is 80.6 Å². The van der Waals surface area contributed by atoms with Crippen molar-refractivity contribution in [1.29, 1.82) is 0 Å². The predicted molar refractivity (Wildman–Crippen MR) is 107 cm³/mol. The van der Waals surface area contributed by atoms with Crippen LogP contribution in [0, 0.1) is 0 Å². The summed E-state index contributed by atoms with van der Waals surface area (Å²) >= 11 is 0. The zero-order chi connectivity index (χ0) is 18.6. The monoisotopic (exact) mass is 363 g/mol. The fraction of sp³-hybridized carbons (Fsp3) is 0.391. The predicted octanol–water partition coefficient (Wildman–Crippen LogP) is 4.83. The molecular formula is C23H25NO3. The Balaban J connectivity index is 1.60. The lowest BCUT2D eigenvalue weighted by atomic mass is 9.86. The molecule has 1 aromatic heterocycles. The molecule has 4 rings (SSSR count). The molecule has 0 saturated heterocycles. The summed E-state index contributed by atoms with van der Waals surface area (Å²) in [7, 11) is 0. The van der Waals surface area contributed by atoms with Crippen LogP contribution in [0.5, 0.6) is 0 Å². The molecule has 4 nitrogen and oxygen atoms in total. The second-order valence-corrected chi connectivity index (χ2v) is 7.54. The van der Waals surface area contributed by atoms with Gasteiger partial charge in [0, 0.05) is 0 Å². The van der Waals surface area contributed by atoms with Gasteiger partial charge in [0.1, 0.15) is 0 Å². The highest BCUT2D eigenvalue weighted by molar-refractivity contribution is 5.77. The molecule has 0 amide bonds. The number of hydrogen-bond acceptors (Lipinski definition) is 3. The Hall–Kier alpha value is -2.62. The molecule has 1 aliphatic carbocycles. The van der Waals surface area contributed by atoms with Gasteiger partial charge in [-0.3, -0.25) is 4.57 Å². The summed E-state index contributed by atoms with van der Waals surface area (Å²) < 4.78 is 6.42. The molecule has 0 aliphatic heterocycles. The van der Waals surface area contributed by atoms with E-state index in [4.69, 9.17) is 4.42 Å². The van der Waals surface area contributed by atoms with E-state index < -0.39 is 11.4 Å².